The van der Waals surface area contributed by atoms with E-state index in [0.717, 1.165) is 23.4 Å². The zero-order chi connectivity index (χ0) is 13.1. The lowest BCUT2D eigenvalue weighted by molar-refractivity contribution is -0.114. The second kappa shape index (κ2) is 5.21. The highest BCUT2D eigenvalue weighted by Crippen LogP contribution is 2.34. The summed E-state index contributed by atoms with van der Waals surface area (Å²) in [5.74, 6) is 0.691. The SMILES string of the molecule is CCC(C)(C)c1ccc(OC)cc1NC(C)=O. The van der Waals surface area contributed by atoms with Crippen molar-refractivity contribution >= 4 is 11.6 Å². The lowest BCUT2D eigenvalue weighted by Crippen LogP contribution is -2.19. The average molecular weight is 235 g/mol. The van der Waals surface area contributed by atoms with E-state index in [2.05, 4.69) is 26.1 Å². The highest BCUT2D eigenvalue weighted by molar-refractivity contribution is 5.90. The average Bonchev–Trinajstić information content (AvgIpc) is 2.27. The normalized spacial score (nSPS) is 11.1. The lowest BCUT2D eigenvalue weighted by atomic mass is 9.81. The van der Waals surface area contributed by atoms with Crippen LogP contribution in [0.2, 0.25) is 0 Å². The van der Waals surface area contributed by atoms with Gasteiger partial charge in [0.25, 0.3) is 0 Å². The molecule has 3 nitrogen and oxygen atoms in total. The Morgan fingerprint density at radius 2 is 2.06 bits per heavy atom. The molecule has 0 saturated heterocycles. The first-order chi connectivity index (χ1) is 7.90. The van der Waals surface area contributed by atoms with E-state index in [1.54, 1.807) is 7.11 Å². The minimum atomic E-state index is -0.0635. The van der Waals surface area contributed by atoms with E-state index in [9.17, 15) is 4.79 Å². The number of ether oxygens (including phenoxy) is 1. The van der Waals surface area contributed by atoms with Crippen LogP contribution in [0.4, 0.5) is 5.69 Å². The van der Waals surface area contributed by atoms with E-state index in [1.165, 1.54) is 6.92 Å². The molecular weight excluding hydrogens is 214 g/mol. The summed E-state index contributed by atoms with van der Waals surface area (Å²) in [6, 6.07) is 5.82. The smallest absolute Gasteiger partial charge is 0.221 e. The minimum absolute atomic E-state index is 0.0318. The first kappa shape index (κ1) is 13.6. The molecule has 1 N–H and O–H groups in total. The number of amides is 1. The van der Waals surface area contributed by atoms with Crippen LogP contribution in [-0.2, 0) is 10.2 Å². The van der Waals surface area contributed by atoms with Crippen LogP contribution < -0.4 is 10.1 Å². The molecule has 1 rings (SSSR count). The largest absolute Gasteiger partial charge is 0.497 e. The lowest BCUT2D eigenvalue weighted by Gasteiger charge is -2.26. The molecule has 0 bridgehead atoms. The van der Waals surface area contributed by atoms with Gasteiger partial charge in [-0.15, -0.1) is 0 Å². The standard InChI is InChI=1S/C14H21NO2/c1-6-14(3,4)12-8-7-11(17-5)9-13(12)15-10(2)16/h7-9H,6H2,1-5H3,(H,15,16). The number of anilines is 1. The molecule has 0 spiro atoms. The molecule has 0 heterocycles. The summed E-state index contributed by atoms with van der Waals surface area (Å²) in [6.45, 7) is 7.99. The molecule has 1 aromatic rings. The van der Waals surface area contributed by atoms with Gasteiger partial charge in [-0.2, -0.15) is 0 Å². The number of benzene rings is 1. The van der Waals surface area contributed by atoms with Gasteiger partial charge in [0.2, 0.25) is 5.91 Å². The molecule has 0 radical (unpaired) electrons. The number of methoxy groups -OCH3 is 1. The van der Waals surface area contributed by atoms with Crippen molar-refractivity contribution in [3.05, 3.63) is 23.8 Å². The Morgan fingerprint density at radius 1 is 1.41 bits per heavy atom. The Kier molecular flexibility index (Phi) is 4.16. The van der Waals surface area contributed by atoms with E-state index in [1.807, 2.05) is 18.2 Å². The van der Waals surface area contributed by atoms with E-state index >= 15 is 0 Å². The number of rotatable bonds is 4. The molecule has 0 unspecified atom stereocenters. The van der Waals surface area contributed by atoms with Crippen LogP contribution in [0, 0.1) is 0 Å². The van der Waals surface area contributed by atoms with Gasteiger partial charge in [0.15, 0.2) is 0 Å². The fourth-order valence-electron chi connectivity index (χ4n) is 1.72. The summed E-state index contributed by atoms with van der Waals surface area (Å²) in [5, 5.41) is 2.87. The molecular formula is C14H21NO2. The first-order valence-corrected chi connectivity index (χ1v) is 5.87. The highest BCUT2D eigenvalue weighted by atomic mass is 16.5. The van der Waals surface area contributed by atoms with Gasteiger partial charge in [-0.05, 0) is 23.5 Å². The molecule has 3 heteroatoms. The second-order valence-electron chi connectivity index (χ2n) is 4.83. The van der Waals surface area contributed by atoms with Crippen LogP contribution in [0.25, 0.3) is 0 Å². The molecule has 0 aromatic heterocycles. The molecule has 1 aromatic carbocycles. The Hall–Kier alpha value is -1.51. The molecule has 0 saturated carbocycles. The van der Waals surface area contributed by atoms with Gasteiger partial charge in [-0.1, -0.05) is 26.8 Å². The number of nitrogens with one attached hydrogen (secondary N) is 1. The maximum absolute atomic E-state index is 11.2. The number of hydrogen-bond acceptors (Lipinski definition) is 2. The van der Waals surface area contributed by atoms with E-state index in [0.29, 0.717) is 0 Å². The molecule has 0 fully saturated rings. The molecule has 0 atom stereocenters. The maximum atomic E-state index is 11.2. The monoisotopic (exact) mass is 235 g/mol. The zero-order valence-electron chi connectivity index (χ0n) is 11.3. The summed E-state index contributed by atoms with van der Waals surface area (Å²) < 4.78 is 5.19. The Labute approximate surface area is 103 Å². The van der Waals surface area contributed by atoms with Gasteiger partial charge < -0.3 is 10.1 Å². The summed E-state index contributed by atoms with van der Waals surface area (Å²) in [4.78, 5) is 11.2. The second-order valence-corrected chi connectivity index (χ2v) is 4.83. The molecule has 94 valence electrons. The predicted molar refractivity (Wildman–Crippen MR) is 70.6 cm³/mol. The fraction of sp³-hybridized carbons (Fsp3) is 0.500. The fourth-order valence-corrected chi connectivity index (χ4v) is 1.72. The van der Waals surface area contributed by atoms with E-state index < -0.39 is 0 Å². The summed E-state index contributed by atoms with van der Waals surface area (Å²) in [7, 11) is 1.62. The van der Waals surface area contributed by atoms with Gasteiger partial charge >= 0.3 is 0 Å². The third kappa shape index (κ3) is 3.22. The predicted octanol–water partition coefficient (Wildman–Crippen LogP) is 3.34. The van der Waals surface area contributed by atoms with Crippen LogP contribution in [0.1, 0.15) is 39.7 Å². The zero-order valence-corrected chi connectivity index (χ0v) is 11.3. The van der Waals surface area contributed by atoms with Crippen LogP contribution in [-0.4, -0.2) is 13.0 Å². The van der Waals surface area contributed by atoms with Crippen molar-refractivity contribution in [1.82, 2.24) is 0 Å². The van der Waals surface area contributed by atoms with E-state index in [4.69, 9.17) is 4.74 Å². The van der Waals surface area contributed by atoms with Crippen molar-refractivity contribution in [2.24, 2.45) is 0 Å². The molecule has 0 aliphatic heterocycles. The minimum Gasteiger partial charge on any atom is -0.497 e. The number of carbonyl (C=O) groups is 1. The first-order valence-electron chi connectivity index (χ1n) is 5.87. The van der Waals surface area contributed by atoms with Crippen molar-refractivity contribution in [3.63, 3.8) is 0 Å². The van der Waals surface area contributed by atoms with Gasteiger partial charge in [0, 0.05) is 18.7 Å². The van der Waals surface area contributed by atoms with Gasteiger partial charge in [0.05, 0.1) is 7.11 Å². The Morgan fingerprint density at radius 3 is 2.53 bits per heavy atom. The summed E-state index contributed by atoms with van der Waals surface area (Å²) in [5.41, 5.74) is 2.00. The number of hydrogen-bond donors (Lipinski definition) is 1. The Balaban J connectivity index is 3.24. The third-order valence-electron chi connectivity index (χ3n) is 3.15. The van der Waals surface area contributed by atoms with E-state index in [-0.39, 0.29) is 11.3 Å². The van der Waals surface area contributed by atoms with Crippen molar-refractivity contribution < 1.29 is 9.53 Å². The molecule has 0 aliphatic carbocycles. The van der Waals surface area contributed by atoms with Crippen LogP contribution >= 0.6 is 0 Å². The molecule has 17 heavy (non-hydrogen) atoms. The maximum Gasteiger partial charge on any atom is 0.221 e. The van der Waals surface area contributed by atoms with Crippen molar-refractivity contribution in [1.29, 1.82) is 0 Å². The molecule has 0 aliphatic rings. The number of carbonyl (C=O) groups excluding carboxylic acids is 1. The quantitative estimate of drug-likeness (QED) is 0.869. The van der Waals surface area contributed by atoms with Crippen LogP contribution in [0.3, 0.4) is 0 Å². The van der Waals surface area contributed by atoms with Gasteiger partial charge in [-0.3, -0.25) is 4.79 Å². The van der Waals surface area contributed by atoms with Gasteiger partial charge in [-0.25, -0.2) is 0 Å². The summed E-state index contributed by atoms with van der Waals surface area (Å²) in [6.07, 6.45) is 1.01. The van der Waals surface area contributed by atoms with Crippen molar-refractivity contribution in [3.8, 4) is 5.75 Å². The highest BCUT2D eigenvalue weighted by Gasteiger charge is 2.22. The van der Waals surface area contributed by atoms with Crippen molar-refractivity contribution in [2.45, 2.75) is 39.5 Å². The van der Waals surface area contributed by atoms with Crippen LogP contribution in [0.15, 0.2) is 18.2 Å². The van der Waals surface area contributed by atoms with Crippen molar-refractivity contribution in [2.75, 3.05) is 12.4 Å². The molecule has 1 amide bonds. The topological polar surface area (TPSA) is 38.3 Å². The van der Waals surface area contributed by atoms with Gasteiger partial charge in [0.1, 0.15) is 5.75 Å². The summed E-state index contributed by atoms with van der Waals surface area (Å²) >= 11 is 0. The third-order valence-corrected chi connectivity index (χ3v) is 3.15. The van der Waals surface area contributed by atoms with Crippen LogP contribution in [0.5, 0.6) is 5.75 Å². The Bertz CT molecular complexity index is 411.